The molecule has 2 fully saturated rings. The molecule has 1 aromatic heterocycles. The molecule has 2 aromatic carbocycles. The van der Waals surface area contributed by atoms with E-state index in [1.807, 2.05) is 6.26 Å². The maximum Gasteiger partial charge on any atom is 0.247 e. The first-order valence-electron chi connectivity index (χ1n) is 11.9. The van der Waals surface area contributed by atoms with Crippen molar-refractivity contribution in [2.45, 2.75) is 38.1 Å². The van der Waals surface area contributed by atoms with Crippen LogP contribution >= 0.6 is 11.8 Å². The molecule has 2 heterocycles. The van der Waals surface area contributed by atoms with Gasteiger partial charge in [-0.05, 0) is 61.6 Å². The molecule has 35 heavy (non-hydrogen) atoms. The fraction of sp³-hybridized carbons (Fsp3) is 0.385. The minimum absolute atomic E-state index is 0.204. The zero-order valence-electron chi connectivity index (χ0n) is 19.4. The van der Waals surface area contributed by atoms with Gasteiger partial charge in [0.15, 0.2) is 0 Å². The molecule has 0 radical (unpaired) electrons. The van der Waals surface area contributed by atoms with Crippen molar-refractivity contribution in [3.05, 3.63) is 48.3 Å². The lowest BCUT2D eigenvalue weighted by molar-refractivity contribution is -0.146. The summed E-state index contributed by atoms with van der Waals surface area (Å²) >= 11 is 1.57. The maximum absolute atomic E-state index is 13.6. The molecule has 1 aliphatic carbocycles. The predicted molar refractivity (Wildman–Crippen MR) is 134 cm³/mol. The summed E-state index contributed by atoms with van der Waals surface area (Å²) in [5.41, 5.74) is 2.51. The number of likely N-dealkylation sites (tertiary alicyclic amines) is 1. The smallest absolute Gasteiger partial charge is 0.247 e. The number of imidazole rings is 1. The molecule has 7 nitrogen and oxygen atoms in total. The van der Waals surface area contributed by atoms with E-state index in [1.54, 1.807) is 42.1 Å². The van der Waals surface area contributed by atoms with Gasteiger partial charge in [-0.1, -0.05) is 25.0 Å². The minimum atomic E-state index is -0.839. The third kappa shape index (κ3) is 4.57. The molecular formula is C26H27FN4O3S. The van der Waals surface area contributed by atoms with Crippen LogP contribution in [-0.2, 0) is 14.4 Å². The average molecular weight is 495 g/mol. The number of H-pyrrole nitrogens is 1. The summed E-state index contributed by atoms with van der Waals surface area (Å²) in [6.07, 6.45) is 5.65. The van der Waals surface area contributed by atoms with Gasteiger partial charge in [-0.2, -0.15) is 11.8 Å². The van der Waals surface area contributed by atoms with E-state index in [9.17, 15) is 18.8 Å². The molecule has 3 aromatic rings. The number of nitrogens with one attached hydrogen (secondary N) is 2. The van der Waals surface area contributed by atoms with Crippen LogP contribution in [0, 0.1) is 17.7 Å². The van der Waals surface area contributed by atoms with Crippen LogP contribution in [0.1, 0.15) is 32.1 Å². The highest BCUT2D eigenvalue weighted by Crippen LogP contribution is 2.39. The number of thioether (sulfide) groups is 1. The van der Waals surface area contributed by atoms with Crippen molar-refractivity contribution in [3.8, 4) is 11.4 Å². The first kappa shape index (κ1) is 23.5. The van der Waals surface area contributed by atoms with E-state index in [-0.39, 0.29) is 35.4 Å². The fourth-order valence-corrected chi connectivity index (χ4v) is 5.65. The highest BCUT2D eigenvalue weighted by atomic mass is 32.2. The van der Waals surface area contributed by atoms with Crippen molar-refractivity contribution < 1.29 is 18.8 Å². The number of anilines is 1. The van der Waals surface area contributed by atoms with E-state index in [4.69, 9.17) is 0 Å². The Morgan fingerprint density at radius 2 is 1.91 bits per heavy atom. The molecule has 2 aliphatic rings. The van der Waals surface area contributed by atoms with Gasteiger partial charge in [-0.3, -0.25) is 19.3 Å². The summed E-state index contributed by atoms with van der Waals surface area (Å²) in [7, 11) is 0. The number of benzene rings is 2. The zero-order valence-corrected chi connectivity index (χ0v) is 20.2. The quantitative estimate of drug-likeness (QED) is 0.468. The van der Waals surface area contributed by atoms with E-state index < -0.39 is 6.04 Å². The zero-order chi connectivity index (χ0) is 24.5. The van der Waals surface area contributed by atoms with E-state index >= 15 is 0 Å². The molecule has 182 valence electrons. The molecule has 3 unspecified atom stereocenters. The number of amides is 3. The number of carbonyl (C=O) groups is 3. The van der Waals surface area contributed by atoms with Crippen LogP contribution in [0.3, 0.4) is 0 Å². The first-order valence-corrected chi connectivity index (χ1v) is 13.3. The monoisotopic (exact) mass is 494 g/mol. The van der Waals surface area contributed by atoms with E-state index in [0.717, 1.165) is 12.8 Å². The van der Waals surface area contributed by atoms with E-state index in [2.05, 4.69) is 15.3 Å². The Morgan fingerprint density at radius 3 is 2.60 bits per heavy atom. The highest BCUT2D eigenvalue weighted by Gasteiger charge is 2.51. The van der Waals surface area contributed by atoms with Crippen LogP contribution in [-0.4, -0.2) is 50.6 Å². The van der Waals surface area contributed by atoms with Crippen LogP contribution < -0.4 is 5.32 Å². The lowest BCUT2D eigenvalue weighted by Crippen LogP contribution is -2.48. The summed E-state index contributed by atoms with van der Waals surface area (Å²) in [6.45, 7) is 0. The number of aromatic nitrogens is 2. The Balaban J connectivity index is 1.38. The third-order valence-electron chi connectivity index (χ3n) is 6.93. The average Bonchev–Trinajstić information content (AvgIpc) is 3.39. The van der Waals surface area contributed by atoms with Gasteiger partial charge in [0.25, 0.3) is 0 Å². The summed E-state index contributed by atoms with van der Waals surface area (Å²) in [5.74, 6) is -0.527. The van der Waals surface area contributed by atoms with E-state index in [1.165, 1.54) is 17.0 Å². The standard InChI is InChI=1S/C26H27FN4O3S/c1-35-12-11-22(31-25(33)18-7-2-3-8-19(18)26(31)34)24(32)28-17-9-10-20-21(14-17)30-23(29-20)15-5-4-6-16(27)13-15/h4-6,9-10,13-14,18-19,22H,2-3,7-8,11-12H2,1H3,(H,28,32)(H,29,30). The first-order chi connectivity index (χ1) is 17.0. The van der Waals surface area contributed by atoms with Gasteiger partial charge in [0.05, 0.1) is 22.9 Å². The Bertz CT molecular complexity index is 1270. The summed E-state index contributed by atoms with van der Waals surface area (Å²) in [6, 6.07) is 10.6. The largest absolute Gasteiger partial charge is 0.338 e. The van der Waals surface area contributed by atoms with Crippen molar-refractivity contribution >= 4 is 46.2 Å². The number of hydrogen-bond donors (Lipinski definition) is 2. The van der Waals surface area contributed by atoms with Gasteiger partial charge in [0, 0.05) is 11.3 Å². The summed E-state index contributed by atoms with van der Waals surface area (Å²) < 4.78 is 13.6. The Kier molecular flexibility index (Phi) is 6.60. The molecule has 3 atom stereocenters. The summed E-state index contributed by atoms with van der Waals surface area (Å²) in [5, 5.41) is 2.90. The second kappa shape index (κ2) is 9.81. The molecule has 1 aliphatic heterocycles. The Hall–Kier alpha value is -3.20. The number of halogens is 1. The number of nitrogens with zero attached hydrogens (tertiary/aromatic N) is 2. The topological polar surface area (TPSA) is 95.2 Å². The second-order valence-corrected chi connectivity index (χ2v) is 10.1. The Morgan fingerprint density at radius 1 is 1.17 bits per heavy atom. The van der Waals surface area contributed by atoms with E-state index in [0.29, 0.717) is 53.1 Å². The van der Waals surface area contributed by atoms with Gasteiger partial charge >= 0.3 is 0 Å². The molecule has 9 heteroatoms. The number of carbonyl (C=O) groups excluding carboxylic acids is 3. The fourth-order valence-electron chi connectivity index (χ4n) is 5.19. The van der Waals surface area contributed by atoms with Crippen LogP contribution in [0.4, 0.5) is 10.1 Å². The van der Waals surface area contributed by atoms with Crippen LogP contribution in [0.15, 0.2) is 42.5 Å². The number of fused-ring (bicyclic) bond motifs is 2. The van der Waals surface area contributed by atoms with Crippen molar-refractivity contribution in [1.29, 1.82) is 0 Å². The SMILES string of the molecule is CSCCC(C(=O)Nc1ccc2nc(-c3cccc(F)c3)[nH]c2c1)N1C(=O)C2CCCCC2C1=O. The van der Waals surface area contributed by atoms with Gasteiger partial charge in [0.2, 0.25) is 17.7 Å². The van der Waals surface area contributed by atoms with Gasteiger partial charge in [-0.15, -0.1) is 0 Å². The van der Waals surface area contributed by atoms with Crippen molar-refractivity contribution in [2.24, 2.45) is 11.8 Å². The molecular weight excluding hydrogens is 467 g/mol. The number of hydrogen-bond acceptors (Lipinski definition) is 5. The number of imide groups is 1. The van der Waals surface area contributed by atoms with Crippen LogP contribution in [0.5, 0.6) is 0 Å². The molecule has 3 amide bonds. The third-order valence-corrected chi connectivity index (χ3v) is 7.58. The summed E-state index contributed by atoms with van der Waals surface area (Å²) in [4.78, 5) is 48.5. The number of aromatic amines is 1. The predicted octanol–water partition coefficient (Wildman–Crippen LogP) is 4.60. The molecule has 0 bridgehead atoms. The molecule has 5 rings (SSSR count). The van der Waals surface area contributed by atoms with Gasteiger partial charge in [0.1, 0.15) is 17.7 Å². The molecule has 1 saturated carbocycles. The Labute approximate surface area is 206 Å². The van der Waals surface area contributed by atoms with Crippen molar-refractivity contribution in [3.63, 3.8) is 0 Å². The van der Waals surface area contributed by atoms with Crippen molar-refractivity contribution in [1.82, 2.24) is 14.9 Å². The normalized spacial score (nSPS) is 20.8. The lowest BCUT2D eigenvalue weighted by atomic mass is 9.81. The molecule has 0 spiro atoms. The maximum atomic E-state index is 13.6. The molecule has 2 N–H and O–H groups in total. The van der Waals surface area contributed by atoms with Crippen LogP contribution in [0.2, 0.25) is 0 Å². The highest BCUT2D eigenvalue weighted by molar-refractivity contribution is 7.98. The minimum Gasteiger partial charge on any atom is -0.338 e. The van der Waals surface area contributed by atoms with Crippen molar-refractivity contribution in [2.75, 3.05) is 17.3 Å². The second-order valence-electron chi connectivity index (χ2n) is 9.16. The van der Waals surface area contributed by atoms with Gasteiger partial charge in [-0.25, -0.2) is 9.37 Å². The lowest BCUT2D eigenvalue weighted by Gasteiger charge is -2.26. The molecule has 1 saturated heterocycles. The van der Waals surface area contributed by atoms with Gasteiger partial charge < -0.3 is 10.3 Å². The number of rotatable bonds is 7. The van der Waals surface area contributed by atoms with Crippen LogP contribution in [0.25, 0.3) is 22.4 Å².